The Labute approximate surface area is 170 Å². The van der Waals surface area contributed by atoms with Gasteiger partial charge in [-0.25, -0.2) is 0 Å². The SMILES string of the molecule is C=C[C@H]([CH2][Sn]([CH2]CCC)([CH2]CCC)[CH2]CCC)[C@H](O)CCCCCCC. The Balaban J connectivity index is 4.86. The Hall–Kier alpha value is 0.499. The summed E-state index contributed by atoms with van der Waals surface area (Å²) in [4.78, 5) is 0. The average Bonchev–Trinajstić information content (AvgIpc) is 2.66. The van der Waals surface area contributed by atoms with Crippen molar-refractivity contribution in [1.29, 1.82) is 0 Å². The molecule has 1 nitrogen and oxygen atoms in total. The van der Waals surface area contributed by atoms with Crippen molar-refractivity contribution in [3.63, 3.8) is 0 Å². The second-order valence-corrected chi connectivity index (χ2v) is 22.7. The van der Waals surface area contributed by atoms with Gasteiger partial charge in [0.05, 0.1) is 0 Å². The van der Waals surface area contributed by atoms with Gasteiger partial charge in [-0.3, -0.25) is 0 Å². The van der Waals surface area contributed by atoms with Crippen molar-refractivity contribution < 1.29 is 5.11 Å². The number of unbranched alkanes of at least 4 members (excludes halogenated alkanes) is 7. The van der Waals surface area contributed by atoms with E-state index < -0.39 is 18.4 Å². The summed E-state index contributed by atoms with van der Waals surface area (Å²) in [7, 11) is 0. The maximum absolute atomic E-state index is 10.9. The first-order valence-electron chi connectivity index (χ1n) is 11.9. The summed E-state index contributed by atoms with van der Waals surface area (Å²) in [6, 6.07) is 0. The van der Waals surface area contributed by atoms with Crippen LogP contribution in [0.3, 0.4) is 0 Å². The second-order valence-electron chi connectivity index (χ2n) is 8.68. The fourth-order valence-electron chi connectivity index (χ4n) is 4.38. The molecule has 26 heavy (non-hydrogen) atoms. The molecule has 1 N–H and O–H groups in total. The molecule has 0 unspecified atom stereocenters. The van der Waals surface area contributed by atoms with Crippen LogP contribution in [0.5, 0.6) is 0 Å². The third-order valence-corrected chi connectivity index (χ3v) is 22.2. The molecule has 0 aromatic rings. The summed E-state index contributed by atoms with van der Waals surface area (Å²) >= 11 is -2.18. The molecule has 0 bridgehead atoms. The molecule has 0 fully saturated rings. The third kappa shape index (κ3) is 12.1. The number of hydrogen-bond acceptors (Lipinski definition) is 1. The van der Waals surface area contributed by atoms with Crippen molar-refractivity contribution in [2.45, 2.75) is 129 Å². The summed E-state index contributed by atoms with van der Waals surface area (Å²) in [5, 5.41) is 10.9. The molecule has 0 radical (unpaired) electrons. The van der Waals surface area contributed by atoms with Gasteiger partial charge < -0.3 is 0 Å². The molecule has 0 aliphatic carbocycles. The van der Waals surface area contributed by atoms with Crippen LogP contribution < -0.4 is 0 Å². The van der Waals surface area contributed by atoms with Gasteiger partial charge in [-0.1, -0.05) is 0 Å². The normalized spacial score (nSPS) is 14.3. The van der Waals surface area contributed by atoms with E-state index in [4.69, 9.17) is 0 Å². The van der Waals surface area contributed by atoms with Crippen molar-refractivity contribution >= 4 is 18.4 Å². The molecule has 2 heteroatoms. The predicted octanol–water partition coefficient (Wildman–Crippen LogP) is 8.36. The van der Waals surface area contributed by atoms with Gasteiger partial charge in [0.25, 0.3) is 0 Å². The molecular weight excluding hydrogens is 423 g/mol. The molecule has 0 aliphatic rings. The molecule has 0 aliphatic heterocycles. The minimum absolute atomic E-state index is 0.143. The molecule has 2 atom stereocenters. The van der Waals surface area contributed by atoms with Gasteiger partial charge in [-0.2, -0.15) is 0 Å². The molecule has 0 amide bonds. The fourth-order valence-corrected chi connectivity index (χ4v) is 21.8. The first kappa shape index (κ1) is 26.5. The van der Waals surface area contributed by atoms with Gasteiger partial charge >= 0.3 is 171 Å². The van der Waals surface area contributed by atoms with Crippen LogP contribution in [0.1, 0.15) is 105 Å². The van der Waals surface area contributed by atoms with Crippen LogP contribution in [0.4, 0.5) is 0 Å². The van der Waals surface area contributed by atoms with E-state index in [1.807, 2.05) is 0 Å². The van der Waals surface area contributed by atoms with E-state index in [-0.39, 0.29) is 6.10 Å². The van der Waals surface area contributed by atoms with E-state index in [0.29, 0.717) is 5.92 Å². The topological polar surface area (TPSA) is 20.2 Å². The molecule has 0 saturated heterocycles. The number of hydrogen-bond donors (Lipinski definition) is 1. The number of rotatable bonds is 19. The predicted molar refractivity (Wildman–Crippen MR) is 123 cm³/mol. The molecule has 0 spiro atoms. The first-order chi connectivity index (χ1) is 12.6. The zero-order chi connectivity index (χ0) is 19.7. The molecule has 156 valence electrons. The second kappa shape index (κ2) is 17.6. The molecule has 0 heterocycles. The van der Waals surface area contributed by atoms with E-state index in [0.717, 1.165) is 6.42 Å². The van der Waals surface area contributed by atoms with Crippen molar-refractivity contribution in [1.82, 2.24) is 0 Å². The Morgan fingerprint density at radius 3 is 1.62 bits per heavy atom. The van der Waals surface area contributed by atoms with Crippen LogP contribution in [-0.2, 0) is 0 Å². The van der Waals surface area contributed by atoms with Crippen LogP contribution in [0.25, 0.3) is 0 Å². The van der Waals surface area contributed by atoms with Gasteiger partial charge in [0.15, 0.2) is 0 Å². The zero-order valence-corrected chi connectivity index (χ0v) is 21.6. The van der Waals surface area contributed by atoms with Crippen molar-refractivity contribution in [3.05, 3.63) is 12.7 Å². The quantitative estimate of drug-likeness (QED) is 0.114. The summed E-state index contributed by atoms with van der Waals surface area (Å²) < 4.78 is 5.98. The minimum atomic E-state index is -2.18. The maximum atomic E-state index is 10.9. The van der Waals surface area contributed by atoms with Crippen molar-refractivity contribution in [2.24, 2.45) is 5.92 Å². The Kier molecular flexibility index (Phi) is 17.9. The molecule has 0 aromatic heterocycles. The number of aliphatic hydroxyl groups is 1. The van der Waals surface area contributed by atoms with Crippen LogP contribution in [-0.4, -0.2) is 29.6 Å². The zero-order valence-electron chi connectivity index (χ0n) is 18.7. The first-order valence-corrected chi connectivity index (χ1v) is 20.0. The van der Waals surface area contributed by atoms with Gasteiger partial charge in [0.1, 0.15) is 0 Å². The molecule has 0 aromatic carbocycles. The number of aliphatic hydroxyl groups excluding tert-OH is 1. The van der Waals surface area contributed by atoms with Crippen LogP contribution in [0.15, 0.2) is 12.7 Å². The standard InChI is InChI=1S/C12H23O.3C4H9.Sn/c1-4-6-7-8-9-10-12(13)11(3)5-2;3*1-3-4-2;/h5,11-13H,2-4,6-10H2,1H3;3*1,3-4H2,2H3;/t11-,12+;;;;/m0..../s1. The van der Waals surface area contributed by atoms with Gasteiger partial charge in [-0.15, -0.1) is 0 Å². The van der Waals surface area contributed by atoms with Crippen molar-refractivity contribution in [2.75, 3.05) is 0 Å². The van der Waals surface area contributed by atoms with Gasteiger partial charge in [0, 0.05) is 0 Å². The average molecular weight is 473 g/mol. The summed E-state index contributed by atoms with van der Waals surface area (Å²) in [5.41, 5.74) is 0. The van der Waals surface area contributed by atoms with Gasteiger partial charge in [-0.05, 0) is 0 Å². The summed E-state index contributed by atoms with van der Waals surface area (Å²) in [6.45, 7) is 13.4. The van der Waals surface area contributed by atoms with E-state index in [9.17, 15) is 5.11 Å². The van der Waals surface area contributed by atoms with Crippen LogP contribution >= 0.6 is 0 Å². The van der Waals surface area contributed by atoms with E-state index in [1.165, 1.54) is 75.1 Å². The Morgan fingerprint density at radius 1 is 0.731 bits per heavy atom. The molecule has 0 saturated carbocycles. The summed E-state index contributed by atoms with van der Waals surface area (Å²) in [6.07, 6.45) is 17.6. The van der Waals surface area contributed by atoms with Crippen LogP contribution in [0.2, 0.25) is 17.7 Å². The molecular formula is C24H50OSn. The fraction of sp³-hybridized carbons (Fsp3) is 0.917. The Bertz CT molecular complexity index is 294. The van der Waals surface area contributed by atoms with E-state index >= 15 is 0 Å². The van der Waals surface area contributed by atoms with Gasteiger partial charge in [0.2, 0.25) is 0 Å². The van der Waals surface area contributed by atoms with Crippen LogP contribution in [0, 0.1) is 5.92 Å². The third-order valence-electron chi connectivity index (χ3n) is 6.25. The Morgan fingerprint density at radius 2 is 1.19 bits per heavy atom. The van der Waals surface area contributed by atoms with E-state index in [1.54, 1.807) is 13.3 Å². The van der Waals surface area contributed by atoms with E-state index in [2.05, 4.69) is 40.3 Å². The van der Waals surface area contributed by atoms with Crippen molar-refractivity contribution in [3.8, 4) is 0 Å². The molecule has 0 rings (SSSR count). The monoisotopic (exact) mass is 474 g/mol. The summed E-state index contributed by atoms with van der Waals surface area (Å²) in [5.74, 6) is 0.363.